The molecule has 8 heteroatoms. The van der Waals surface area contributed by atoms with Crippen LogP contribution < -0.4 is 18.9 Å². The van der Waals surface area contributed by atoms with Crippen LogP contribution in [0.1, 0.15) is 17.2 Å². The average molecular weight is 389 g/mol. The van der Waals surface area contributed by atoms with E-state index >= 15 is 0 Å². The van der Waals surface area contributed by atoms with Crippen LogP contribution in [0.5, 0.6) is 23.0 Å². The van der Waals surface area contributed by atoms with E-state index in [9.17, 15) is 9.90 Å². The van der Waals surface area contributed by atoms with Gasteiger partial charge in [-0.3, -0.25) is 4.90 Å². The molecule has 0 bridgehead atoms. The lowest BCUT2D eigenvalue weighted by molar-refractivity contribution is -0.101. The summed E-state index contributed by atoms with van der Waals surface area (Å²) in [7, 11) is 7.53. The Balaban J connectivity index is 2.13. The van der Waals surface area contributed by atoms with Crippen molar-refractivity contribution in [3.05, 3.63) is 47.5 Å². The Morgan fingerprint density at radius 2 is 1.43 bits per heavy atom. The second kappa shape index (κ2) is 7.47. The molecule has 1 saturated heterocycles. The van der Waals surface area contributed by atoms with Crippen molar-refractivity contribution in [1.29, 1.82) is 0 Å². The van der Waals surface area contributed by atoms with E-state index < -0.39 is 17.9 Å². The highest BCUT2D eigenvalue weighted by atomic mass is 16.6. The Labute approximate surface area is 163 Å². The number of ether oxygens (including phenoxy) is 5. The van der Waals surface area contributed by atoms with Crippen molar-refractivity contribution in [3.63, 3.8) is 0 Å². The number of benzene rings is 2. The molecule has 28 heavy (non-hydrogen) atoms. The number of hydrogen-bond acceptors (Lipinski definition) is 7. The van der Waals surface area contributed by atoms with Crippen molar-refractivity contribution >= 4 is 6.09 Å². The van der Waals surface area contributed by atoms with Gasteiger partial charge in [0.05, 0.1) is 28.4 Å². The molecule has 0 aromatic heterocycles. The molecule has 0 radical (unpaired) electrons. The molecule has 0 aliphatic carbocycles. The Kier molecular flexibility index (Phi) is 5.24. The topological polar surface area (TPSA) is 86.7 Å². The molecule has 0 spiro atoms. The lowest BCUT2D eigenvalue weighted by atomic mass is 9.91. The molecule has 1 aliphatic rings. The van der Waals surface area contributed by atoms with Gasteiger partial charge in [0, 0.05) is 18.2 Å². The highest BCUT2D eigenvalue weighted by Gasteiger charge is 2.54. The summed E-state index contributed by atoms with van der Waals surface area (Å²) in [5, 5.41) is 11.6. The maximum Gasteiger partial charge on any atom is 0.412 e. The SMILES string of the molecule is COc1ccc([C@H]2OC(=O)N(C)[C@@]2(O)c2ccc(OC)c(OC)c2)cc1OC. The number of hydrogen-bond donors (Lipinski definition) is 1. The first kappa shape index (κ1) is 19.6. The predicted octanol–water partition coefficient (Wildman–Crippen LogP) is 2.69. The van der Waals surface area contributed by atoms with Gasteiger partial charge in [0.2, 0.25) is 5.72 Å². The summed E-state index contributed by atoms with van der Waals surface area (Å²) in [6, 6.07) is 10.0. The van der Waals surface area contributed by atoms with E-state index in [4.69, 9.17) is 23.7 Å². The zero-order chi connectivity index (χ0) is 20.5. The standard InChI is InChI=1S/C20H23NO7/c1-21-19(22)28-18(12-6-8-14(24-2)16(10-12)26-4)20(21,23)13-7-9-15(25-3)17(11-13)27-5/h6-11,18,23H,1-5H3/t18-,20-/m1/s1. The molecule has 1 fully saturated rings. The molecule has 150 valence electrons. The van der Waals surface area contributed by atoms with Crippen LogP contribution in [0.4, 0.5) is 4.79 Å². The van der Waals surface area contributed by atoms with Crippen molar-refractivity contribution in [2.45, 2.75) is 11.8 Å². The molecular weight excluding hydrogens is 366 g/mol. The van der Waals surface area contributed by atoms with Crippen LogP contribution in [0.3, 0.4) is 0 Å². The van der Waals surface area contributed by atoms with Crippen molar-refractivity contribution < 1.29 is 33.6 Å². The first-order chi connectivity index (χ1) is 13.4. The maximum atomic E-state index is 12.3. The van der Waals surface area contributed by atoms with Gasteiger partial charge in [-0.15, -0.1) is 0 Å². The van der Waals surface area contributed by atoms with Crippen LogP contribution in [-0.4, -0.2) is 51.6 Å². The minimum absolute atomic E-state index is 0.415. The van der Waals surface area contributed by atoms with E-state index in [1.54, 1.807) is 36.4 Å². The first-order valence-corrected chi connectivity index (χ1v) is 8.51. The number of carbonyl (C=O) groups excluding carboxylic acids is 1. The van der Waals surface area contributed by atoms with Gasteiger partial charge in [0.25, 0.3) is 0 Å². The van der Waals surface area contributed by atoms with Crippen LogP contribution in [0.25, 0.3) is 0 Å². The molecule has 3 rings (SSSR count). The van der Waals surface area contributed by atoms with Gasteiger partial charge in [0.1, 0.15) is 0 Å². The van der Waals surface area contributed by atoms with E-state index in [1.807, 2.05) is 0 Å². The minimum Gasteiger partial charge on any atom is -0.493 e. The zero-order valence-corrected chi connectivity index (χ0v) is 16.4. The monoisotopic (exact) mass is 389 g/mol. The van der Waals surface area contributed by atoms with Gasteiger partial charge in [-0.1, -0.05) is 12.1 Å². The van der Waals surface area contributed by atoms with Gasteiger partial charge in [-0.2, -0.15) is 0 Å². The Hall–Kier alpha value is -3.13. The lowest BCUT2D eigenvalue weighted by Crippen LogP contribution is -2.43. The first-order valence-electron chi connectivity index (χ1n) is 8.51. The normalized spacial score (nSPS) is 21.3. The van der Waals surface area contributed by atoms with Gasteiger partial charge < -0.3 is 28.8 Å². The summed E-state index contributed by atoms with van der Waals surface area (Å²) in [6.45, 7) is 0. The Morgan fingerprint density at radius 3 is 2.00 bits per heavy atom. The van der Waals surface area contributed by atoms with Crippen molar-refractivity contribution in [2.75, 3.05) is 35.5 Å². The number of methoxy groups -OCH3 is 4. The fourth-order valence-electron chi connectivity index (χ4n) is 3.30. The number of amides is 1. The third-order valence-corrected chi connectivity index (χ3v) is 4.89. The summed E-state index contributed by atoms with van der Waals surface area (Å²) in [4.78, 5) is 13.5. The molecule has 1 N–H and O–H groups in total. The third-order valence-electron chi connectivity index (χ3n) is 4.89. The second-order valence-electron chi connectivity index (χ2n) is 6.23. The van der Waals surface area contributed by atoms with E-state index in [-0.39, 0.29) is 0 Å². The van der Waals surface area contributed by atoms with Crippen molar-refractivity contribution in [3.8, 4) is 23.0 Å². The fraction of sp³-hybridized carbons (Fsp3) is 0.350. The summed E-state index contributed by atoms with van der Waals surface area (Å²) in [6.07, 6.45) is -1.65. The van der Waals surface area contributed by atoms with E-state index in [0.29, 0.717) is 34.1 Å². The molecule has 1 amide bonds. The Morgan fingerprint density at radius 1 is 0.893 bits per heavy atom. The lowest BCUT2D eigenvalue weighted by Gasteiger charge is -2.33. The summed E-state index contributed by atoms with van der Waals surface area (Å²) < 4.78 is 26.7. The molecule has 2 atom stereocenters. The van der Waals surface area contributed by atoms with Gasteiger partial charge in [-0.25, -0.2) is 4.79 Å². The van der Waals surface area contributed by atoms with Crippen LogP contribution >= 0.6 is 0 Å². The smallest absolute Gasteiger partial charge is 0.412 e. The number of nitrogens with zero attached hydrogens (tertiary/aromatic N) is 1. The van der Waals surface area contributed by atoms with E-state index in [1.165, 1.54) is 35.5 Å². The molecule has 0 unspecified atom stereocenters. The zero-order valence-electron chi connectivity index (χ0n) is 16.4. The van der Waals surface area contributed by atoms with Crippen LogP contribution in [-0.2, 0) is 10.5 Å². The second-order valence-corrected chi connectivity index (χ2v) is 6.23. The number of rotatable bonds is 6. The van der Waals surface area contributed by atoms with Gasteiger partial charge in [-0.05, 0) is 24.3 Å². The quantitative estimate of drug-likeness (QED) is 0.813. The van der Waals surface area contributed by atoms with E-state index in [2.05, 4.69) is 0 Å². The van der Waals surface area contributed by atoms with Crippen LogP contribution in [0, 0.1) is 0 Å². The van der Waals surface area contributed by atoms with Crippen molar-refractivity contribution in [2.24, 2.45) is 0 Å². The molecular formula is C20H23NO7. The minimum atomic E-state index is -1.77. The highest BCUT2D eigenvalue weighted by molar-refractivity contribution is 5.72. The number of cyclic esters (lactones) is 1. The van der Waals surface area contributed by atoms with Crippen LogP contribution in [0.15, 0.2) is 36.4 Å². The molecule has 1 aliphatic heterocycles. The van der Waals surface area contributed by atoms with E-state index in [0.717, 1.165) is 4.90 Å². The fourth-order valence-corrected chi connectivity index (χ4v) is 3.30. The van der Waals surface area contributed by atoms with Gasteiger partial charge >= 0.3 is 6.09 Å². The number of carbonyl (C=O) groups is 1. The molecule has 2 aromatic carbocycles. The highest BCUT2D eigenvalue weighted by Crippen LogP contribution is 2.48. The number of aliphatic hydroxyl groups is 1. The summed E-state index contributed by atoms with van der Waals surface area (Å²) in [5.41, 5.74) is -0.804. The molecule has 2 aromatic rings. The van der Waals surface area contributed by atoms with Crippen molar-refractivity contribution in [1.82, 2.24) is 4.90 Å². The summed E-state index contributed by atoms with van der Waals surface area (Å²) >= 11 is 0. The van der Waals surface area contributed by atoms with Crippen LogP contribution in [0.2, 0.25) is 0 Å². The largest absolute Gasteiger partial charge is 0.493 e. The van der Waals surface area contributed by atoms with Gasteiger partial charge in [0.15, 0.2) is 29.1 Å². The predicted molar refractivity (Wildman–Crippen MR) is 100.0 cm³/mol. The molecule has 1 heterocycles. The average Bonchev–Trinajstić information content (AvgIpc) is 2.97. The molecule has 0 saturated carbocycles. The third kappa shape index (κ3) is 2.95. The summed E-state index contributed by atoms with van der Waals surface area (Å²) in [5.74, 6) is 1.91. The molecule has 8 nitrogen and oxygen atoms in total. The number of likely N-dealkylation sites (N-methyl/N-ethyl adjacent to an activating group) is 1. The maximum absolute atomic E-state index is 12.3. The Bertz CT molecular complexity index is 885.